The number of aliphatic hydroxyl groups is 1. The Bertz CT molecular complexity index is 1290. The highest BCUT2D eigenvalue weighted by atomic mass is 32.1. The lowest BCUT2D eigenvalue weighted by Crippen LogP contribution is -2.59. The van der Waals surface area contributed by atoms with Crippen LogP contribution in [0.25, 0.3) is 0 Å². The fourth-order valence-corrected chi connectivity index (χ4v) is 5.80. The summed E-state index contributed by atoms with van der Waals surface area (Å²) in [5.41, 5.74) is 3.58. The van der Waals surface area contributed by atoms with Gasteiger partial charge >= 0.3 is 12.1 Å². The van der Waals surface area contributed by atoms with Gasteiger partial charge in [0.05, 0.1) is 23.0 Å². The van der Waals surface area contributed by atoms with Crippen molar-refractivity contribution in [1.82, 2.24) is 25.4 Å². The van der Waals surface area contributed by atoms with Crippen molar-refractivity contribution in [2.24, 2.45) is 5.92 Å². The molecule has 230 valence electrons. The number of carbonyl (C=O) groups excluding carboxylic acids is 3. The summed E-state index contributed by atoms with van der Waals surface area (Å²) in [6.45, 7) is 5.31. The van der Waals surface area contributed by atoms with Crippen LogP contribution in [0.4, 0.5) is 9.59 Å². The Hall–Kier alpha value is -3.96. The molecule has 3 aromatic rings. The Kier molecular flexibility index (Phi) is 11.9. The number of thiazole rings is 1. The maximum atomic E-state index is 13.7. The summed E-state index contributed by atoms with van der Waals surface area (Å²) in [5, 5.41) is 17.3. The van der Waals surface area contributed by atoms with E-state index in [0.29, 0.717) is 19.5 Å². The van der Waals surface area contributed by atoms with Gasteiger partial charge in [0.2, 0.25) is 5.91 Å². The highest BCUT2D eigenvalue weighted by Crippen LogP contribution is 2.18. The summed E-state index contributed by atoms with van der Waals surface area (Å²) in [5.74, 6) is -0.369. The molecule has 2 unspecified atom stereocenters. The maximum Gasteiger partial charge on any atom is 0.410 e. The minimum Gasteiger partial charge on any atom is -0.444 e. The molecule has 11 heteroatoms. The number of nitrogens with one attached hydrogen (secondary N) is 2. The largest absolute Gasteiger partial charge is 0.444 e. The van der Waals surface area contributed by atoms with Crippen molar-refractivity contribution in [3.05, 3.63) is 88.4 Å². The van der Waals surface area contributed by atoms with Crippen molar-refractivity contribution < 1.29 is 24.2 Å². The molecule has 3 N–H and O–H groups in total. The molecule has 2 heterocycles. The molecular formula is C32H41N5O5S. The first-order valence-electron chi connectivity index (χ1n) is 14.7. The van der Waals surface area contributed by atoms with E-state index in [9.17, 15) is 19.5 Å². The monoisotopic (exact) mass is 607 g/mol. The predicted octanol–water partition coefficient (Wildman–Crippen LogP) is 4.20. The standard InChI is InChI=1S/C32H41N5O5S/c1-23(2)29(37-15-9-14-34-31(37)40)30(39)35-26(16-24-10-5-3-6-11-24)17-27(38)20-36(19-25-12-7-4-8-13-25)32(41)42-21-28-18-33-22-43-28/h3-8,10-13,18,22-23,26-27,29,38H,9,14-17,19-21H2,1-2H3,(H,34,40)(H,35,39)/t26?,27?,29-/m0/s1. The number of rotatable bonds is 14. The average molecular weight is 608 g/mol. The van der Waals surface area contributed by atoms with E-state index in [1.54, 1.807) is 16.6 Å². The Morgan fingerprint density at radius 3 is 2.44 bits per heavy atom. The molecule has 1 aromatic heterocycles. The van der Waals surface area contributed by atoms with Gasteiger partial charge in [-0.05, 0) is 36.3 Å². The molecule has 0 saturated carbocycles. The quantitative estimate of drug-likeness (QED) is 0.252. The number of hydrogen-bond donors (Lipinski definition) is 3. The van der Waals surface area contributed by atoms with Crippen LogP contribution in [0.1, 0.15) is 42.7 Å². The van der Waals surface area contributed by atoms with Crippen LogP contribution < -0.4 is 10.6 Å². The first-order chi connectivity index (χ1) is 20.8. The normalized spacial score (nSPS) is 15.3. The second-order valence-corrected chi connectivity index (χ2v) is 12.1. The van der Waals surface area contributed by atoms with E-state index in [2.05, 4.69) is 15.6 Å². The second-order valence-electron chi connectivity index (χ2n) is 11.1. The molecule has 43 heavy (non-hydrogen) atoms. The van der Waals surface area contributed by atoms with Crippen molar-refractivity contribution in [2.45, 2.75) is 64.4 Å². The Morgan fingerprint density at radius 1 is 1.12 bits per heavy atom. The molecule has 1 fully saturated rings. The first kappa shape index (κ1) is 32.0. The van der Waals surface area contributed by atoms with Gasteiger partial charge in [0, 0.05) is 31.9 Å². The SMILES string of the molecule is CC(C)[C@@H](C(=O)NC(Cc1ccccc1)CC(O)CN(Cc1ccccc1)C(=O)OCc1cncs1)N1CCCNC1=O. The van der Waals surface area contributed by atoms with Crippen molar-refractivity contribution in [2.75, 3.05) is 19.6 Å². The van der Waals surface area contributed by atoms with Crippen LogP contribution in [0.5, 0.6) is 0 Å². The zero-order valence-corrected chi connectivity index (χ0v) is 25.5. The number of hydrogen-bond acceptors (Lipinski definition) is 7. The molecule has 0 bridgehead atoms. The van der Waals surface area contributed by atoms with E-state index in [1.807, 2.05) is 74.5 Å². The Balaban J connectivity index is 1.48. The van der Waals surface area contributed by atoms with Gasteiger partial charge in [0.25, 0.3) is 0 Å². The van der Waals surface area contributed by atoms with E-state index >= 15 is 0 Å². The van der Waals surface area contributed by atoms with Gasteiger partial charge in [-0.15, -0.1) is 11.3 Å². The van der Waals surface area contributed by atoms with Crippen molar-refractivity contribution in [1.29, 1.82) is 0 Å². The highest BCUT2D eigenvalue weighted by Gasteiger charge is 2.35. The van der Waals surface area contributed by atoms with Crippen LogP contribution in [0.15, 0.2) is 72.4 Å². The molecule has 0 radical (unpaired) electrons. The fraction of sp³-hybridized carbons (Fsp3) is 0.438. The third kappa shape index (κ3) is 9.79. The zero-order valence-electron chi connectivity index (χ0n) is 24.7. The van der Waals surface area contributed by atoms with Gasteiger partial charge < -0.3 is 30.3 Å². The maximum absolute atomic E-state index is 13.7. The molecule has 0 aliphatic carbocycles. The third-order valence-electron chi connectivity index (χ3n) is 7.30. The van der Waals surface area contributed by atoms with Crippen LogP contribution >= 0.6 is 11.3 Å². The highest BCUT2D eigenvalue weighted by molar-refractivity contribution is 7.09. The Morgan fingerprint density at radius 2 is 1.81 bits per heavy atom. The van der Waals surface area contributed by atoms with Gasteiger partial charge in [0.1, 0.15) is 12.6 Å². The second kappa shape index (κ2) is 16.0. The average Bonchev–Trinajstić information content (AvgIpc) is 3.51. The summed E-state index contributed by atoms with van der Waals surface area (Å²) in [6, 6.07) is 17.9. The Labute approximate surface area is 257 Å². The lowest BCUT2D eigenvalue weighted by molar-refractivity contribution is -0.128. The molecule has 1 saturated heterocycles. The molecule has 1 aliphatic rings. The molecule has 3 atom stereocenters. The molecular weight excluding hydrogens is 566 g/mol. The molecule has 2 aromatic carbocycles. The number of benzene rings is 2. The van der Waals surface area contributed by atoms with E-state index in [-0.39, 0.29) is 44.0 Å². The number of urea groups is 1. The number of aromatic nitrogens is 1. The van der Waals surface area contributed by atoms with E-state index in [0.717, 1.165) is 22.4 Å². The van der Waals surface area contributed by atoms with Gasteiger partial charge in [-0.2, -0.15) is 0 Å². The summed E-state index contributed by atoms with van der Waals surface area (Å²) in [7, 11) is 0. The number of aliphatic hydroxyl groups excluding tert-OH is 1. The minimum absolute atomic E-state index is 0.0136. The molecule has 0 spiro atoms. The topological polar surface area (TPSA) is 124 Å². The van der Waals surface area contributed by atoms with Crippen LogP contribution in [0, 0.1) is 5.92 Å². The van der Waals surface area contributed by atoms with Crippen LogP contribution in [-0.2, 0) is 29.1 Å². The van der Waals surface area contributed by atoms with Gasteiger partial charge in [0.15, 0.2) is 0 Å². The number of ether oxygens (including phenoxy) is 1. The van der Waals surface area contributed by atoms with Gasteiger partial charge in [-0.3, -0.25) is 9.78 Å². The van der Waals surface area contributed by atoms with Crippen molar-refractivity contribution in [3.63, 3.8) is 0 Å². The number of carbonyl (C=O) groups is 3. The first-order valence-corrected chi connectivity index (χ1v) is 15.6. The van der Waals surface area contributed by atoms with Crippen LogP contribution in [0.2, 0.25) is 0 Å². The summed E-state index contributed by atoms with van der Waals surface area (Å²) >= 11 is 1.40. The summed E-state index contributed by atoms with van der Waals surface area (Å²) in [4.78, 5) is 47.4. The third-order valence-corrected chi connectivity index (χ3v) is 8.06. The van der Waals surface area contributed by atoms with E-state index < -0.39 is 24.3 Å². The molecule has 4 amide bonds. The lowest BCUT2D eigenvalue weighted by Gasteiger charge is -2.37. The predicted molar refractivity (Wildman–Crippen MR) is 165 cm³/mol. The molecule has 1 aliphatic heterocycles. The zero-order chi connectivity index (χ0) is 30.6. The lowest BCUT2D eigenvalue weighted by atomic mass is 9.97. The van der Waals surface area contributed by atoms with Crippen molar-refractivity contribution >= 4 is 29.4 Å². The molecule has 4 rings (SSSR count). The van der Waals surface area contributed by atoms with E-state index in [4.69, 9.17) is 4.74 Å². The van der Waals surface area contributed by atoms with Gasteiger partial charge in [-0.1, -0.05) is 74.5 Å². The van der Waals surface area contributed by atoms with E-state index in [1.165, 1.54) is 16.2 Å². The smallest absolute Gasteiger partial charge is 0.410 e. The van der Waals surface area contributed by atoms with Crippen LogP contribution in [-0.4, -0.2) is 75.7 Å². The minimum atomic E-state index is -0.954. The van der Waals surface area contributed by atoms with Crippen molar-refractivity contribution in [3.8, 4) is 0 Å². The number of nitrogens with zero attached hydrogens (tertiary/aromatic N) is 3. The molecule has 10 nitrogen and oxygen atoms in total. The van der Waals surface area contributed by atoms with Crippen LogP contribution in [0.3, 0.4) is 0 Å². The fourth-order valence-electron chi connectivity index (χ4n) is 5.30. The van der Waals surface area contributed by atoms with Gasteiger partial charge in [-0.25, -0.2) is 9.59 Å². The number of amides is 4. The summed E-state index contributed by atoms with van der Waals surface area (Å²) < 4.78 is 5.56. The summed E-state index contributed by atoms with van der Waals surface area (Å²) in [6.07, 6.45) is 1.61.